The molecule has 9 heteroatoms. The fourth-order valence-electron chi connectivity index (χ4n) is 3.47. The Morgan fingerprint density at radius 3 is 2.94 bits per heavy atom. The molecule has 1 aliphatic rings. The molecule has 0 atom stereocenters. The maximum atomic E-state index is 13.1. The lowest BCUT2D eigenvalue weighted by Crippen LogP contribution is -2.16. The summed E-state index contributed by atoms with van der Waals surface area (Å²) in [5.41, 5.74) is 2.78. The monoisotopic (exact) mass is 479 g/mol. The van der Waals surface area contributed by atoms with Crippen LogP contribution in [-0.2, 0) is 19.1 Å². The normalized spacial score (nSPS) is 14.6. The molecule has 4 rings (SSSR count). The lowest BCUT2D eigenvalue weighted by atomic mass is 10.1. The number of aryl methyl sites for hydroxylation is 1. The number of aromatic amines is 1. The van der Waals surface area contributed by atoms with Gasteiger partial charge in [0.1, 0.15) is 11.4 Å². The third-order valence-corrected chi connectivity index (χ3v) is 5.72. The molecular formula is C25H25N3O5S. The number of carbonyl (C=O) groups is 2. The summed E-state index contributed by atoms with van der Waals surface area (Å²) in [4.78, 5) is 33.1. The molecule has 2 aromatic heterocycles. The molecule has 1 aliphatic heterocycles. The number of ketones is 1. The van der Waals surface area contributed by atoms with Crippen LogP contribution in [0, 0.1) is 6.92 Å². The first-order valence-corrected chi connectivity index (χ1v) is 12.2. The largest absolute Gasteiger partial charge is 0.493 e. The highest BCUT2D eigenvalue weighted by atomic mass is 32.2. The van der Waals surface area contributed by atoms with Crippen LogP contribution in [0.4, 0.5) is 5.69 Å². The van der Waals surface area contributed by atoms with E-state index in [9.17, 15) is 9.59 Å². The number of aromatic nitrogens is 2. The van der Waals surface area contributed by atoms with Crippen molar-refractivity contribution in [2.24, 2.45) is 0 Å². The molecule has 176 valence electrons. The van der Waals surface area contributed by atoms with Crippen LogP contribution >= 0.6 is 11.8 Å². The highest BCUT2D eigenvalue weighted by molar-refractivity contribution is 7.98. The second kappa shape index (κ2) is 10.5. The van der Waals surface area contributed by atoms with Crippen molar-refractivity contribution in [1.82, 2.24) is 9.97 Å². The molecule has 2 N–H and O–H groups in total. The molecule has 0 fully saturated rings. The van der Waals surface area contributed by atoms with Crippen LogP contribution in [0.5, 0.6) is 5.75 Å². The first kappa shape index (κ1) is 23.4. The van der Waals surface area contributed by atoms with E-state index < -0.39 is 11.8 Å². The number of carbonyl (C=O) groups excluding carboxylic acids is 2. The van der Waals surface area contributed by atoms with Gasteiger partial charge in [-0.25, -0.2) is 9.78 Å². The average molecular weight is 480 g/mol. The zero-order valence-electron chi connectivity index (χ0n) is 19.1. The molecule has 1 aromatic carbocycles. The molecule has 0 spiro atoms. The zero-order chi connectivity index (χ0) is 24.1. The highest BCUT2D eigenvalue weighted by Crippen LogP contribution is 2.31. The van der Waals surface area contributed by atoms with Crippen molar-refractivity contribution >= 4 is 46.3 Å². The van der Waals surface area contributed by atoms with Crippen LogP contribution in [0.2, 0.25) is 0 Å². The number of fused-ring (bicyclic) bond motifs is 1. The van der Waals surface area contributed by atoms with Gasteiger partial charge in [-0.05, 0) is 62.1 Å². The van der Waals surface area contributed by atoms with Gasteiger partial charge in [-0.15, -0.1) is 0 Å². The molecular weight excluding hydrogens is 454 g/mol. The molecule has 0 saturated heterocycles. The van der Waals surface area contributed by atoms with Crippen LogP contribution < -0.4 is 10.1 Å². The summed E-state index contributed by atoms with van der Waals surface area (Å²) in [5.74, 6) is 0.403. The van der Waals surface area contributed by atoms with E-state index in [4.69, 9.17) is 14.2 Å². The van der Waals surface area contributed by atoms with Crippen molar-refractivity contribution in [3.8, 4) is 5.75 Å². The molecule has 0 amide bonds. The maximum absolute atomic E-state index is 13.1. The van der Waals surface area contributed by atoms with Gasteiger partial charge in [-0.2, -0.15) is 11.8 Å². The second-order valence-electron chi connectivity index (χ2n) is 7.45. The van der Waals surface area contributed by atoms with E-state index in [2.05, 4.69) is 15.3 Å². The Kier molecular flexibility index (Phi) is 7.22. The fourth-order valence-corrected chi connectivity index (χ4v) is 3.72. The molecule has 8 nitrogen and oxygen atoms in total. The van der Waals surface area contributed by atoms with E-state index in [0.717, 1.165) is 28.0 Å². The van der Waals surface area contributed by atoms with Crippen molar-refractivity contribution in [3.63, 3.8) is 0 Å². The summed E-state index contributed by atoms with van der Waals surface area (Å²) in [7, 11) is 0. The van der Waals surface area contributed by atoms with Gasteiger partial charge in [0, 0.05) is 34.8 Å². The summed E-state index contributed by atoms with van der Waals surface area (Å²) >= 11 is 1.71. The van der Waals surface area contributed by atoms with Crippen LogP contribution in [0.15, 0.2) is 59.9 Å². The number of allylic oxidation sites excluding steroid dienone is 1. The first-order chi connectivity index (χ1) is 16.5. The number of benzene rings is 1. The molecule has 34 heavy (non-hydrogen) atoms. The zero-order valence-corrected chi connectivity index (χ0v) is 20.0. The Hall–Kier alpha value is -3.72. The predicted octanol–water partition coefficient (Wildman–Crippen LogP) is 4.44. The summed E-state index contributed by atoms with van der Waals surface area (Å²) < 4.78 is 16.7. The molecule has 0 unspecified atom stereocenters. The van der Waals surface area contributed by atoms with E-state index >= 15 is 0 Å². The topological polar surface area (TPSA) is 103 Å². The minimum absolute atomic E-state index is 0.0185. The summed E-state index contributed by atoms with van der Waals surface area (Å²) in [5, 5.41) is 3.92. The van der Waals surface area contributed by atoms with E-state index in [0.29, 0.717) is 17.9 Å². The van der Waals surface area contributed by atoms with Crippen LogP contribution in [0.25, 0.3) is 17.1 Å². The van der Waals surface area contributed by atoms with Gasteiger partial charge in [0.05, 0.1) is 13.2 Å². The van der Waals surface area contributed by atoms with Gasteiger partial charge in [-0.1, -0.05) is 0 Å². The number of nitrogens with zero attached hydrogens (tertiary/aromatic N) is 1. The number of rotatable bonds is 9. The van der Waals surface area contributed by atoms with Crippen LogP contribution in [0.1, 0.15) is 18.1 Å². The number of pyridine rings is 1. The summed E-state index contributed by atoms with van der Waals surface area (Å²) in [6.45, 7) is 4.33. The van der Waals surface area contributed by atoms with Crippen molar-refractivity contribution < 1.29 is 23.8 Å². The minimum atomic E-state index is -0.742. The number of hydrogen-bond acceptors (Lipinski definition) is 8. The number of H-pyrrole nitrogens is 1. The lowest BCUT2D eigenvalue weighted by Gasteiger charge is -2.13. The molecule has 3 heterocycles. The van der Waals surface area contributed by atoms with E-state index in [1.165, 1.54) is 0 Å². The Morgan fingerprint density at radius 1 is 1.32 bits per heavy atom. The number of thioether (sulfide) groups is 1. The van der Waals surface area contributed by atoms with Crippen molar-refractivity contribution in [2.45, 2.75) is 13.8 Å². The average Bonchev–Trinajstić information content (AvgIpc) is 3.37. The van der Waals surface area contributed by atoms with Crippen LogP contribution in [-0.4, -0.2) is 46.9 Å². The number of hydrogen-bond donors (Lipinski definition) is 2. The number of Topliss-reactive ketones (excluding diaryl/α,β-unsaturated/α-hetero) is 1. The maximum Gasteiger partial charge on any atom is 0.347 e. The van der Waals surface area contributed by atoms with Gasteiger partial charge in [0.2, 0.25) is 11.7 Å². The molecule has 0 radical (unpaired) electrons. The SMILES string of the molecule is CCOC(=O)C1=C(Nc2ccc(OCCSC)cc2C)OC(=Cc2c[nH]c3ncccc23)C1=O. The predicted molar refractivity (Wildman–Crippen MR) is 133 cm³/mol. The summed E-state index contributed by atoms with van der Waals surface area (Å²) in [6, 6.07) is 9.23. The number of anilines is 1. The Balaban J connectivity index is 1.62. The quantitative estimate of drug-likeness (QED) is 0.201. The number of ether oxygens (including phenoxy) is 3. The van der Waals surface area contributed by atoms with Gasteiger partial charge in [0.25, 0.3) is 0 Å². The highest BCUT2D eigenvalue weighted by Gasteiger charge is 2.37. The van der Waals surface area contributed by atoms with E-state index in [1.54, 1.807) is 37.2 Å². The van der Waals surface area contributed by atoms with Crippen molar-refractivity contribution in [2.75, 3.05) is 30.5 Å². The molecule has 0 aliphatic carbocycles. The minimum Gasteiger partial charge on any atom is -0.493 e. The van der Waals surface area contributed by atoms with Crippen molar-refractivity contribution in [3.05, 3.63) is 71.1 Å². The number of esters is 1. The smallest absolute Gasteiger partial charge is 0.347 e. The lowest BCUT2D eigenvalue weighted by molar-refractivity contribution is -0.139. The van der Waals surface area contributed by atoms with Gasteiger partial charge >= 0.3 is 5.97 Å². The molecule has 0 bridgehead atoms. The number of nitrogens with one attached hydrogen (secondary N) is 2. The Labute approximate surface area is 201 Å². The third kappa shape index (κ3) is 4.94. The second-order valence-corrected chi connectivity index (χ2v) is 8.44. The van der Waals surface area contributed by atoms with Gasteiger partial charge in [0.15, 0.2) is 11.3 Å². The molecule has 0 saturated carbocycles. The van der Waals surface area contributed by atoms with Crippen LogP contribution in [0.3, 0.4) is 0 Å². The first-order valence-electron chi connectivity index (χ1n) is 10.8. The Morgan fingerprint density at radius 2 is 2.18 bits per heavy atom. The standard InChI is InChI=1S/C25H25N3O5S/c1-4-31-25(30)21-22(29)20(13-16-14-27-23-18(16)6-5-9-26-23)33-24(21)28-19-8-7-17(12-15(19)2)32-10-11-34-3/h5-9,12-14,28H,4,10-11H2,1-3H3,(H,26,27). The van der Waals surface area contributed by atoms with Gasteiger partial charge < -0.3 is 24.5 Å². The summed E-state index contributed by atoms with van der Waals surface area (Å²) in [6.07, 6.45) is 7.03. The Bertz CT molecular complexity index is 1290. The fraction of sp³-hybridized carbons (Fsp3) is 0.240. The van der Waals surface area contributed by atoms with E-state index in [-0.39, 0.29) is 23.8 Å². The van der Waals surface area contributed by atoms with Gasteiger partial charge in [-0.3, -0.25) is 4.79 Å². The van der Waals surface area contributed by atoms with Crippen molar-refractivity contribution in [1.29, 1.82) is 0 Å². The van der Waals surface area contributed by atoms with E-state index in [1.807, 2.05) is 43.5 Å². The molecule has 3 aromatic rings. The third-order valence-electron chi connectivity index (χ3n) is 5.14.